The van der Waals surface area contributed by atoms with Crippen LogP contribution in [0.2, 0.25) is 0 Å². The minimum Gasteiger partial charge on any atom is -0.406 e. The summed E-state index contributed by atoms with van der Waals surface area (Å²) in [6, 6.07) is 10.4. The molecule has 0 radical (unpaired) electrons. The molecule has 1 atom stereocenters. The highest BCUT2D eigenvalue weighted by Crippen LogP contribution is 2.29. The second kappa shape index (κ2) is 9.43. The van der Waals surface area contributed by atoms with Crippen molar-refractivity contribution < 1.29 is 27.8 Å². The SMILES string of the molecule is CC(C)n1ncc2c(C(=O)NCC(O)c3ccc(OC(F)(F)F)cc3)cc(-c3cccs3)nc21. The normalized spacial score (nSPS) is 12.8. The Labute approximate surface area is 196 Å². The van der Waals surface area contributed by atoms with E-state index < -0.39 is 24.1 Å². The lowest BCUT2D eigenvalue weighted by molar-refractivity contribution is -0.274. The molecule has 3 heterocycles. The maximum absolute atomic E-state index is 13.1. The fourth-order valence-electron chi connectivity index (χ4n) is 3.43. The van der Waals surface area contributed by atoms with Gasteiger partial charge in [0.1, 0.15) is 5.75 Å². The minimum absolute atomic E-state index is 0.0330. The van der Waals surface area contributed by atoms with Crippen LogP contribution in [0.5, 0.6) is 5.75 Å². The molecule has 0 aliphatic carbocycles. The van der Waals surface area contributed by atoms with Gasteiger partial charge in [-0.25, -0.2) is 9.67 Å². The lowest BCUT2D eigenvalue weighted by Gasteiger charge is -2.14. The number of thiophene rings is 1. The van der Waals surface area contributed by atoms with E-state index in [1.807, 2.05) is 31.4 Å². The lowest BCUT2D eigenvalue weighted by Crippen LogP contribution is -2.28. The van der Waals surface area contributed by atoms with Gasteiger partial charge in [0.05, 0.1) is 33.8 Å². The number of hydrogen-bond acceptors (Lipinski definition) is 6. The van der Waals surface area contributed by atoms with E-state index in [-0.39, 0.29) is 12.6 Å². The molecule has 2 N–H and O–H groups in total. The van der Waals surface area contributed by atoms with Gasteiger partial charge in [-0.2, -0.15) is 5.10 Å². The number of alkyl halides is 3. The van der Waals surface area contributed by atoms with Gasteiger partial charge < -0.3 is 15.2 Å². The Bertz CT molecular complexity index is 1290. The number of amides is 1. The number of benzene rings is 1. The molecule has 0 bridgehead atoms. The minimum atomic E-state index is -4.80. The molecule has 1 aromatic carbocycles. The van der Waals surface area contributed by atoms with Crippen LogP contribution in [-0.4, -0.2) is 38.7 Å². The number of aliphatic hydroxyl groups is 1. The summed E-state index contributed by atoms with van der Waals surface area (Å²) in [5.41, 5.74) is 1.91. The van der Waals surface area contributed by atoms with Crippen LogP contribution in [0, 0.1) is 0 Å². The van der Waals surface area contributed by atoms with Crippen molar-refractivity contribution in [3.05, 3.63) is 65.2 Å². The summed E-state index contributed by atoms with van der Waals surface area (Å²) in [5, 5.41) is 20.0. The first kappa shape index (κ1) is 23.7. The molecule has 34 heavy (non-hydrogen) atoms. The zero-order valence-electron chi connectivity index (χ0n) is 18.2. The highest BCUT2D eigenvalue weighted by Gasteiger charge is 2.31. The number of pyridine rings is 1. The van der Waals surface area contributed by atoms with Crippen molar-refractivity contribution in [1.82, 2.24) is 20.1 Å². The maximum atomic E-state index is 13.1. The van der Waals surface area contributed by atoms with Crippen LogP contribution >= 0.6 is 11.3 Å². The van der Waals surface area contributed by atoms with Gasteiger partial charge >= 0.3 is 6.36 Å². The zero-order valence-corrected chi connectivity index (χ0v) is 19.0. The Morgan fingerprint density at radius 2 is 1.97 bits per heavy atom. The predicted octanol–water partition coefficient (Wildman–Crippen LogP) is 5.10. The van der Waals surface area contributed by atoms with Crippen molar-refractivity contribution in [3.8, 4) is 16.3 Å². The van der Waals surface area contributed by atoms with Crippen molar-refractivity contribution in [2.24, 2.45) is 0 Å². The number of ether oxygens (including phenoxy) is 1. The predicted molar refractivity (Wildman–Crippen MR) is 122 cm³/mol. The molecule has 7 nitrogen and oxygen atoms in total. The maximum Gasteiger partial charge on any atom is 0.573 e. The molecular weight excluding hydrogens is 469 g/mol. The van der Waals surface area contributed by atoms with Crippen LogP contribution in [0.25, 0.3) is 21.6 Å². The Kier molecular flexibility index (Phi) is 6.58. The monoisotopic (exact) mass is 490 g/mol. The molecule has 0 saturated heterocycles. The zero-order chi connectivity index (χ0) is 24.5. The summed E-state index contributed by atoms with van der Waals surface area (Å²) in [7, 11) is 0. The Balaban J connectivity index is 1.54. The molecule has 0 spiro atoms. The topological polar surface area (TPSA) is 89.3 Å². The number of halogens is 3. The number of aromatic nitrogens is 3. The van der Waals surface area contributed by atoms with Gasteiger partial charge in [0, 0.05) is 12.6 Å². The number of carbonyl (C=O) groups excluding carboxylic acids is 1. The van der Waals surface area contributed by atoms with Gasteiger partial charge in [-0.1, -0.05) is 18.2 Å². The third-order valence-corrected chi connectivity index (χ3v) is 5.92. The number of carbonyl (C=O) groups is 1. The summed E-state index contributed by atoms with van der Waals surface area (Å²) >= 11 is 1.50. The quantitative estimate of drug-likeness (QED) is 0.376. The molecule has 0 fully saturated rings. The standard InChI is InChI=1S/C23H21F3N4O3S/c1-13(2)30-21-17(11-28-30)16(10-18(29-21)20-4-3-9-34-20)22(32)27-12-19(31)14-5-7-15(8-6-14)33-23(24,25)26/h3-11,13,19,31H,12H2,1-2H3,(H,27,32). The van der Waals surface area contributed by atoms with E-state index in [2.05, 4.69) is 15.2 Å². The van der Waals surface area contributed by atoms with Crippen LogP contribution in [0.4, 0.5) is 13.2 Å². The largest absolute Gasteiger partial charge is 0.573 e. The number of nitrogens with one attached hydrogen (secondary N) is 1. The van der Waals surface area contributed by atoms with Crippen LogP contribution in [0.1, 0.15) is 41.9 Å². The molecule has 1 amide bonds. The lowest BCUT2D eigenvalue weighted by atomic mass is 10.1. The third-order valence-electron chi connectivity index (χ3n) is 5.03. The van der Waals surface area contributed by atoms with Gasteiger partial charge in [-0.3, -0.25) is 4.79 Å². The fraction of sp³-hybridized carbons (Fsp3) is 0.261. The van der Waals surface area contributed by atoms with Crippen molar-refractivity contribution in [3.63, 3.8) is 0 Å². The number of aliphatic hydroxyl groups excluding tert-OH is 1. The second-order valence-electron chi connectivity index (χ2n) is 7.80. The van der Waals surface area contributed by atoms with Crippen molar-refractivity contribution >= 4 is 28.3 Å². The van der Waals surface area contributed by atoms with Crippen LogP contribution in [-0.2, 0) is 0 Å². The average molecular weight is 491 g/mol. The van der Waals surface area contributed by atoms with Crippen molar-refractivity contribution in [1.29, 1.82) is 0 Å². The highest BCUT2D eigenvalue weighted by atomic mass is 32.1. The summed E-state index contributed by atoms with van der Waals surface area (Å²) in [4.78, 5) is 18.7. The first-order valence-electron chi connectivity index (χ1n) is 10.4. The number of fused-ring (bicyclic) bond motifs is 1. The van der Waals surface area contributed by atoms with Crippen LogP contribution in [0.3, 0.4) is 0 Å². The summed E-state index contributed by atoms with van der Waals surface area (Å²) < 4.78 is 42.5. The van der Waals surface area contributed by atoms with E-state index in [0.29, 0.717) is 27.9 Å². The molecule has 0 saturated carbocycles. The smallest absolute Gasteiger partial charge is 0.406 e. The second-order valence-corrected chi connectivity index (χ2v) is 8.74. The van der Waals surface area contributed by atoms with Gasteiger partial charge in [-0.05, 0) is 49.1 Å². The number of rotatable bonds is 7. The van der Waals surface area contributed by atoms with Gasteiger partial charge in [0.15, 0.2) is 5.65 Å². The fourth-order valence-corrected chi connectivity index (χ4v) is 4.11. The Morgan fingerprint density at radius 3 is 2.59 bits per heavy atom. The van der Waals surface area contributed by atoms with E-state index in [1.54, 1.807) is 16.9 Å². The van der Waals surface area contributed by atoms with Gasteiger partial charge in [0.2, 0.25) is 0 Å². The average Bonchev–Trinajstić information content (AvgIpc) is 3.46. The molecular formula is C23H21F3N4O3S. The first-order valence-corrected chi connectivity index (χ1v) is 11.2. The molecule has 178 valence electrons. The van der Waals surface area contributed by atoms with Gasteiger partial charge in [-0.15, -0.1) is 24.5 Å². The molecule has 3 aromatic heterocycles. The molecule has 0 aliphatic heterocycles. The Morgan fingerprint density at radius 1 is 1.24 bits per heavy atom. The number of hydrogen-bond donors (Lipinski definition) is 2. The molecule has 4 aromatic rings. The van der Waals surface area contributed by atoms with E-state index >= 15 is 0 Å². The van der Waals surface area contributed by atoms with E-state index in [1.165, 1.54) is 23.5 Å². The van der Waals surface area contributed by atoms with E-state index in [0.717, 1.165) is 17.0 Å². The molecule has 1 unspecified atom stereocenters. The molecule has 0 aliphatic rings. The summed E-state index contributed by atoms with van der Waals surface area (Å²) in [6.07, 6.45) is -4.34. The van der Waals surface area contributed by atoms with Crippen LogP contribution in [0.15, 0.2) is 54.0 Å². The van der Waals surface area contributed by atoms with E-state index in [9.17, 15) is 23.1 Å². The summed E-state index contributed by atoms with van der Waals surface area (Å²) in [6.45, 7) is 3.79. The Hall–Kier alpha value is -3.44. The molecule has 4 rings (SSSR count). The van der Waals surface area contributed by atoms with E-state index in [4.69, 9.17) is 4.98 Å². The molecule has 11 heteroatoms. The third kappa shape index (κ3) is 5.20. The van der Waals surface area contributed by atoms with Gasteiger partial charge in [0.25, 0.3) is 5.91 Å². The number of nitrogens with zero attached hydrogens (tertiary/aromatic N) is 3. The van der Waals surface area contributed by atoms with Crippen molar-refractivity contribution in [2.45, 2.75) is 32.4 Å². The van der Waals surface area contributed by atoms with Crippen LogP contribution < -0.4 is 10.1 Å². The highest BCUT2D eigenvalue weighted by molar-refractivity contribution is 7.13. The summed E-state index contributed by atoms with van der Waals surface area (Å²) in [5.74, 6) is -0.820. The first-order chi connectivity index (χ1) is 16.1. The van der Waals surface area contributed by atoms with Crippen molar-refractivity contribution in [2.75, 3.05) is 6.54 Å².